The number of sulfonamides is 1. The average molecular weight is 484 g/mol. The number of piperazine rings is 1. The molecule has 3 aromatic rings. The van der Waals surface area contributed by atoms with E-state index < -0.39 is 32.5 Å². The molecule has 6 nitrogen and oxygen atoms in total. The Hall–Kier alpha value is -3.12. The summed E-state index contributed by atoms with van der Waals surface area (Å²) in [5, 5.41) is 8.26. The van der Waals surface area contributed by atoms with Gasteiger partial charge >= 0.3 is 6.18 Å². The van der Waals surface area contributed by atoms with Crippen LogP contribution in [0.2, 0.25) is 0 Å². The van der Waals surface area contributed by atoms with Crippen LogP contribution in [0.4, 0.5) is 27.8 Å². The molecule has 1 aliphatic rings. The Kier molecular flexibility index (Phi) is 6.06. The Morgan fingerprint density at radius 3 is 2.06 bits per heavy atom. The van der Waals surface area contributed by atoms with Crippen molar-refractivity contribution >= 4 is 15.8 Å². The molecular formula is C21H17F5N4O2S. The van der Waals surface area contributed by atoms with Gasteiger partial charge in [-0.05, 0) is 54.6 Å². The fourth-order valence-electron chi connectivity index (χ4n) is 3.46. The highest BCUT2D eigenvalue weighted by Gasteiger charge is 2.37. The molecule has 1 fully saturated rings. The summed E-state index contributed by atoms with van der Waals surface area (Å²) < 4.78 is 92.2. The standard InChI is InChI=1S/C21H17F5N4O2S/c22-15-3-1-14(2-4-15)19-7-8-20(28-27-19)29-9-11-30(12-10-29)33(31,32)16-5-6-18(23)17(13-16)21(24,25)26/h1-8,13H,9-12H2. The molecule has 0 N–H and O–H groups in total. The molecule has 12 heteroatoms. The van der Waals surface area contributed by atoms with E-state index >= 15 is 0 Å². The van der Waals surface area contributed by atoms with Gasteiger partial charge in [0, 0.05) is 31.7 Å². The van der Waals surface area contributed by atoms with Crippen molar-refractivity contribution in [1.29, 1.82) is 0 Å². The molecule has 0 saturated carbocycles. The van der Waals surface area contributed by atoms with Crippen LogP contribution in [0.1, 0.15) is 5.56 Å². The highest BCUT2D eigenvalue weighted by Crippen LogP contribution is 2.33. The predicted molar refractivity (Wildman–Crippen MR) is 110 cm³/mol. The molecule has 0 aliphatic carbocycles. The molecule has 0 bridgehead atoms. The van der Waals surface area contributed by atoms with Crippen LogP contribution in [0.25, 0.3) is 11.3 Å². The molecule has 1 aromatic heterocycles. The minimum Gasteiger partial charge on any atom is -0.352 e. The van der Waals surface area contributed by atoms with Gasteiger partial charge in [-0.15, -0.1) is 10.2 Å². The van der Waals surface area contributed by atoms with E-state index in [-0.39, 0.29) is 32.0 Å². The van der Waals surface area contributed by atoms with E-state index in [4.69, 9.17) is 0 Å². The number of benzene rings is 2. The maximum atomic E-state index is 13.5. The van der Waals surface area contributed by atoms with Crippen LogP contribution in [0.5, 0.6) is 0 Å². The third kappa shape index (κ3) is 4.81. The number of rotatable bonds is 4. The first kappa shape index (κ1) is 23.1. The number of alkyl halides is 3. The van der Waals surface area contributed by atoms with Gasteiger partial charge in [0.15, 0.2) is 5.82 Å². The lowest BCUT2D eigenvalue weighted by atomic mass is 10.1. The monoisotopic (exact) mass is 484 g/mol. The van der Waals surface area contributed by atoms with Gasteiger partial charge in [0.2, 0.25) is 10.0 Å². The summed E-state index contributed by atoms with van der Waals surface area (Å²) in [4.78, 5) is 1.17. The van der Waals surface area contributed by atoms with Crippen molar-refractivity contribution in [2.75, 3.05) is 31.1 Å². The van der Waals surface area contributed by atoms with Gasteiger partial charge < -0.3 is 4.90 Å². The van der Waals surface area contributed by atoms with Crippen molar-refractivity contribution in [3.8, 4) is 11.3 Å². The second-order valence-corrected chi connectivity index (χ2v) is 9.25. The summed E-state index contributed by atoms with van der Waals surface area (Å²) in [5.74, 6) is -1.40. The van der Waals surface area contributed by atoms with Crippen molar-refractivity contribution in [1.82, 2.24) is 14.5 Å². The van der Waals surface area contributed by atoms with E-state index in [1.54, 1.807) is 29.2 Å². The van der Waals surface area contributed by atoms with Crippen LogP contribution in [0.3, 0.4) is 0 Å². The number of nitrogens with zero attached hydrogens (tertiary/aromatic N) is 4. The van der Waals surface area contributed by atoms with Crippen molar-refractivity contribution in [3.63, 3.8) is 0 Å². The number of aromatic nitrogens is 2. The molecule has 174 valence electrons. The molecule has 4 rings (SSSR count). The second-order valence-electron chi connectivity index (χ2n) is 7.31. The number of hydrogen-bond acceptors (Lipinski definition) is 5. The van der Waals surface area contributed by atoms with Gasteiger partial charge in [-0.3, -0.25) is 0 Å². The van der Waals surface area contributed by atoms with Gasteiger partial charge in [0.1, 0.15) is 11.6 Å². The van der Waals surface area contributed by atoms with Gasteiger partial charge in [-0.25, -0.2) is 17.2 Å². The lowest BCUT2D eigenvalue weighted by molar-refractivity contribution is -0.140. The van der Waals surface area contributed by atoms with E-state index in [1.807, 2.05) is 0 Å². The van der Waals surface area contributed by atoms with Gasteiger partial charge in [-0.2, -0.15) is 17.5 Å². The smallest absolute Gasteiger partial charge is 0.352 e. The van der Waals surface area contributed by atoms with Gasteiger partial charge in [0.05, 0.1) is 16.2 Å². The fourth-order valence-corrected chi connectivity index (χ4v) is 4.91. The number of anilines is 1. The number of halogens is 5. The first-order valence-electron chi connectivity index (χ1n) is 9.77. The van der Waals surface area contributed by atoms with E-state index in [1.165, 1.54) is 12.1 Å². The molecule has 1 saturated heterocycles. The third-order valence-electron chi connectivity index (χ3n) is 5.23. The lowest BCUT2D eigenvalue weighted by Gasteiger charge is -2.34. The quantitative estimate of drug-likeness (QED) is 0.525. The highest BCUT2D eigenvalue weighted by molar-refractivity contribution is 7.89. The Morgan fingerprint density at radius 2 is 1.48 bits per heavy atom. The molecule has 1 aliphatic heterocycles. The van der Waals surface area contributed by atoms with Crippen molar-refractivity contribution < 1.29 is 30.4 Å². The van der Waals surface area contributed by atoms with Crippen LogP contribution in [0.15, 0.2) is 59.5 Å². The number of hydrogen-bond donors (Lipinski definition) is 0. The molecule has 0 radical (unpaired) electrons. The first-order valence-corrected chi connectivity index (χ1v) is 11.2. The molecule has 33 heavy (non-hydrogen) atoms. The van der Waals surface area contributed by atoms with Crippen molar-refractivity contribution in [3.05, 3.63) is 71.8 Å². The Labute approximate surface area is 186 Å². The minimum absolute atomic E-state index is 0.00244. The highest BCUT2D eigenvalue weighted by atomic mass is 32.2. The summed E-state index contributed by atoms with van der Waals surface area (Å²) in [5.41, 5.74) is -0.403. The van der Waals surface area contributed by atoms with E-state index in [0.29, 0.717) is 29.2 Å². The Morgan fingerprint density at radius 1 is 0.818 bits per heavy atom. The van der Waals surface area contributed by atoms with Crippen LogP contribution in [-0.2, 0) is 16.2 Å². The molecule has 0 spiro atoms. The van der Waals surface area contributed by atoms with Gasteiger partial charge in [0.25, 0.3) is 0 Å². The van der Waals surface area contributed by atoms with E-state index in [9.17, 15) is 30.4 Å². The zero-order valence-electron chi connectivity index (χ0n) is 16.9. The Balaban J connectivity index is 1.46. The van der Waals surface area contributed by atoms with E-state index in [0.717, 1.165) is 10.4 Å². The summed E-state index contributed by atoms with van der Waals surface area (Å²) >= 11 is 0. The second kappa shape index (κ2) is 8.67. The largest absolute Gasteiger partial charge is 0.419 e. The minimum atomic E-state index is -5.01. The Bertz CT molecular complexity index is 1240. The zero-order valence-corrected chi connectivity index (χ0v) is 17.7. The van der Waals surface area contributed by atoms with E-state index in [2.05, 4.69) is 10.2 Å². The van der Waals surface area contributed by atoms with Crippen LogP contribution >= 0.6 is 0 Å². The molecule has 2 aromatic carbocycles. The average Bonchev–Trinajstić information content (AvgIpc) is 2.79. The zero-order chi connectivity index (χ0) is 23.8. The fraction of sp³-hybridized carbons (Fsp3) is 0.238. The predicted octanol–water partition coefficient (Wildman–Crippen LogP) is 3.95. The maximum absolute atomic E-state index is 13.5. The SMILES string of the molecule is O=S(=O)(c1ccc(F)c(C(F)(F)F)c1)N1CCN(c2ccc(-c3ccc(F)cc3)nn2)CC1. The molecular weight excluding hydrogens is 467 g/mol. The summed E-state index contributed by atoms with van der Waals surface area (Å²) in [6, 6.07) is 10.8. The van der Waals surface area contributed by atoms with Crippen LogP contribution in [0, 0.1) is 11.6 Å². The first-order chi connectivity index (χ1) is 15.6. The summed E-state index contributed by atoms with van der Waals surface area (Å²) in [7, 11) is -4.24. The lowest BCUT2D eigenvalue weighted by Crippen LogP contribution is -2.49. The third-order valence-corrected chi connectivity index (χ3v) is 7.13. The summed E-state index contributed by atoms with van der Waals surface area (Å²) in [6.07, 6.45) is -5.01. The topological polar surface area (TPSA) is 66.4 Å². The van der Waals surface area contributed by atoms with Crippen LogP contribution < -0.4 is 4.90 Å². The normalized spacial score (nSPS) is 15.6. The molecule has 0 atom stereocenters. The van der Waals surface area contributed by atoms with Gasteiger partial charge in [-0.1, -0.05) is 0 Å². The summed E-state index contributed by atoms with van der Waals surface area (Å²) in [6.45, 7) is 0.471. The van der Waals surface area contributed by atoms with Crippen LogP contribution in [-0.4, -0.2) is 49.1 Å². The molecule has 0 amide bonds. The molecule has 0 unspecified atom stereocenters. The van der Waals surface area contributed by atoms with Crippen molar-refractivity contribution in [2.45, 2.75) is 11.1 Å². The maximum Gasteiger partial charge on any atom is 0.419 e. The van der Waals surface area contributed by atoms with Crippen molar-refractivity contribution in [2.24, 2.45) is 0 Å². The molecule has 2 heterocycles.